The molecule has 35 heavy (non-hydrogen) atoms. The van der Waals surface area contributed by atoms with Crippen LogP contribution < -0.4 is 9.47 Å². The zero-order valence-electron chi connectivity index (χ0n) is 19.4. The van der Waals surface area contributed by atoms with E-state index in [1.165, 1.54) is 0 Å². The molecule has 1 saturated carbocycles. The van der Waals surface area contributed by atoms with E-state index in [-0.39, 0.29) is 11.8 Å². The van der Waals surface area contributed by atoms with Gasteiger partial charge in [-0.2, -0.15) is 15.3 Å². The van der Waals surface area contributed by atoms with E-state index in [0.717, 1.165) is 44.9 Å². The summed E-state index contributed by atoms with van der Waals surface area (Å²) in [5.41, 5.74) is 5.74. The Morgan fingerprint density at radius 1 is 1.11 bits per heavy atom. The Labute approximate surface area is 216 Å². The number of hydrogen-bond donors (Lipinski definition) is 0. The average molecular weight is 602 g/mol. The lowest BCUT2D eigenvalue weighted by atomic mass is 9.91. The molecule has 0 amide bonds. The summed E-state index contributed by atoms with van der Waals surface area (Å²) in [7, 11) is 1.89. The van der Waals surface area contributed by atoms with Crippen molar-refractivity contribution in [1.29, 1.82) is 0 Å². The van der Waals surface area contributed by atoms with Crippen LogP contribution in [-0.2, 0) is 11.8 Å². The number of aryl methyl sites for hydroxylation is 2. The summed E-state index contributed by atoms with van der Waals surface area (Å²) in [4.78, 5) is 11.7. The van der Waals surface area contributed by atoms with Crippen molar-refractivity contribution < 1.29 is 14.3 Å². The van der Waals surface area contributed by atoms with Gasteiger partial charge in [-0.3, -0.25) is 4.79 Å². The van der Waals surface area contributed by atoms with Crippen LogP contribution in [0.5, 0.6) is 11.8 Å². The molecule has 2 bridgehead atoms. The van der Waals surface area contributed by atoms with Crippen LogP contribution in [0.4, 0.5) is 0 Å². The van der Waals surface area contributed by atoms with Crippen molar-refractivity contribution >= 4 is 57.3 Å². The Hall–Kier alpha value is -2.72. The highest BCUT2D eigenvalue weighted by Gasteiger charge is 2.32. The van der Waals surface area contributed by atoms with E-state index < -0.39 is 0 Å². The number of carbonyl (C=O) groups excluding carboxylic acids is 1. The van der Waals surface area contributed by atoms with Crippen LogP contribution in [0.3, 0.4) is 0 Å². The monoisotopic (exact) mass is 602 g/mol. The number of Topliss-reactive ketones (excluding diaryl/α,β-unsaturated/α-hetero) is 1. The van der Waals surface area contributed by atoms with Gasteiger partial charge in [0.15, 0.2) is 0 Å². The summed E-state index contributed by atoms with van der Waals surface area (Å²) in [5, 5.41) is 15.1. The highest BCUT2D eigenvalue weighted by Crippen LogP contribution is 2.38. The van der Waals surface area contributed by atoms with Crippen molar-refractivity contribution in [2.75, 3.05) is 13.2 Å². The number of nitrogens with zero attached hydrogens (tertiary/aromatic N) is 6. The van der Waals surface area contributed by atoms with E-state index in [1.54, 1.807) is 4.68 Å². The summed E-state index contributed by atoms with van der Waals surface area (Å²) in [6, 6.07) is 6.42. The summed E-state index contributed by atoms with van der Waals surface area (Å²) in [6.07, 6.45) is 8.10. The summed E-state index contributed by atoms with van der Waals surface area (Å²) in [6.45, 7) is 2.95. The van der Waals surface area contributed by atoms with Gasteiger partial charge in [-0.15, -0.1) is 0 Å². The van der Waals surface area contributed by atoms with E-state index >= 15 is 0 Å². The second kappa shape index (κ2) is 9.05. The molecule has 1 fully saturated rings. The van der Waals surface area contributed by atoms with E-state index in [1.807, 2.05) is 41.5 Å². The smallest absolute Gasteiger partial charge is 0.219 e. The number of halogens is 1. The zero-order valence-corrected chi connectivity index (χ0v) is 22.5. The van der Waals surface area contributed by atoms with Crippen molar-refractivity contribution in [1.82, 2.24) is 29.1 Å². The van der Waals surface area contributed by atoms with E-state index in [9.17, 15) is 4.79 Å². The Balaban J connectivity index is 1.50. The highest BCUT2D eigenvalue weighted by atomic mass is 127. The quantitative estimate of drug-likeness (QED) is 0.238. The first-order valence-electron chi connectivity index (χ1n) is 11.5. The van der Waals surface area contributed by atoms with Gasteiger partial charge in [0, 0.05) is 31.7 Å². The predicted molar refractivity (Wildman–Crippen MR) is 144 cm³/mol. The lowest BCUT2D eigenvalue weighted by molar-refractivity contribution is -0.126. The van der Waals surface area contributed by atoms with Gasteiger partial charge < -0.3 is 9.47 Å². The average Bonchev–Trinajstić information content (AvgIpc) is 3.47. The van der Waals surface area contributed by atoms with Gasteiger partial charge in [0.2, 0.25) is 11.8 Å². The standard InChI is InChI=1S/C24H24IN6O3P/c1-14-18-5-6-21-19-10-15(4-7-22(19)31(28-21)35-25)20-13-26-29(2)23(20)33-8-3-9-34-24(18)30(27-14)16-11-17(32)12-16/h4-7,10,13,16,35H,3,8-9,11-12H2,1-2H3/b6-5+. The molecule has 1 atom stereocenters. The van der Waals surface area contributed by atoms with E-state index in [4.69, 9.17) is 19.7 Å². The van der Waals surface area contributed by atoms with Crippen LogP contribution in [-0.4, -0.2) is 48.1 Å². The molecule has 11 heteroatoms. The van der Waals surface area contributed by atoms with Gasteiger partial charge in [-0.1, -0.05) is 6.07 Å². The third-order valence-electron chi connectivity index (χ3n) is 6.52. The molecule has 1 unspecified atom stereocenters. The minimum atomic E-state index is 0.0523. The number of aromatic nitrogens is 6. The Morgan fingerprint density at radius 3 is 2.69 bits per heavy atom. The molecule has 0 saturated heterocycles. The van der Waals surface area contributed by atoms with Gasteiger partial charge in [0.25, 0.3) is 0 Å². The second-order valence-corrected chi connectivity index (χ2v) is 10.9. The van der Waals surface area contributed by atoms with Crippen LogP contribution in [0.25, 0.3) is 34.2 Å². The molecule has 6 rings (SSSR count). The van der Waals surface area contributed by atoms with Crippen LogP contribution in [0.1, 0.15) is 42.3 Å². The number of ether oxygens (including phenoxy) is 2. The molecule has 180 valence electrons. The summed E-state index contributed by atoms with van der Waals surface area (Å²) in [5.74, 6) is 1.69. The lowest BCUT2D eigenvalue weighted by Crippen LogP contribution is -2.28. The molecule has 9 nitrogen and oxygen atoms in total. The van der Waals surface area contributed by atoms with Crippen molar-refractivity contribution in [3.63, 3.8) is 0 Å². The third kappa shape index (κ3) is 3.96. The van der Waals surface area contributed by atoms with Gasteiger partial charge in [-0.05, 0) is 58.8 Å². The number of carbonyl (C=O) groups is 1. The molecule has 1 aliphatic carbocycles. The SMILES string of the molecule is Cc1nn(C2CC(=O)C2)c2c1/C=C/c1nn(PI)c3ccc(cc13)-c1cnn(C)c1OCCCO2. The maximum absolute atomic E-state index is 11.7. The van der Waals surface area contributed by atoms with Crippen molar-refractivity contribution in [2.45, 2.75) is 32.2 Å². The fourth-order valence-electron chi connectivity index (χ4n) is 4.61. The molecule has 0 N–H and O–H groups in total. The number of rotatable bonds is 2. The molecule has 1 aromatic carbocycles. The van der Waals surface area contributed by atoms with Crippen molar-refractivity contribution in [3.8, 4) is 22.9 Å². The number of fused-ring (bicyclic) bond motifs is 4. The maximum Gasteiger partial charge on any atom is 0.219 e. The van der Waals surface area contributed by atoms with Crippen LogP contribution in [0.15, 0.2) is 24.4 Å². The first-order chi connectivity index (χ1) is 17.0. The summed E-state index contributed by atoms with van der Waals surface area (Å²) >= 11 is 2.35. The molecule has 0 radical (unpaired) electrons. The molecular weight excluding hydrogens is 578 g/mol. The molecule has 2 aliphatic rings. The van der Waals surface area contributed by atoms with Crippen LogP contribution in [0, 0.1) is 6.92 Å². The van der Waals surface area contributed by atoms with Gasteiger partial charge in [-0.25, -0.2) is 13.8 Å². The van der Waals surface area contributed by atoms with Crippen LogP contribution in [0.2, 0.25) is 0 Å². The summed E-state index contributed by atoms with van der Waals surface area (Å²) < 4.78 is 18.1. The van der Waals surface area contributed by atoms with Crippen molar-refractivity contribution in [3.05, 3.63) is 41.3 Å². The normalized spacial score (nSPS) is 17.5. The van der Waals surface area contributed by atoms with E-state index in [2.05, 4.69) is 45.3 Å². The molecule has 3 aromatic heterocycles. The fraction of sp³-hybridized carbons (Fsp3) is 0.333. The molecule has 1 aliphatic heterocycles. The zero-order chi connectivity index (χ0) is 24.1. The largest absolute Gasteiger partial charge is 0.477 e. The fourth-order valence-corrected chi connectivity index (χ4v) is 6.15. The second-order valence-electron chi connectivity index (χ2n) is 8.83. The lowest BCUT2D eigenvalue weighted by Gasteiger charge is -2.26. The topological polar surface area (TPSA) is 89.0 Å². The highest BCUT2D eigenvalue weighted by molar-refractivity contribution is 14.2. The Bertz CT molecular complexity index is 1480. The molecule has 4 aromatic rings. The number of ketones is 1. The third-order valence-corrected chi connectivity index (χ3v) is 8.39. The Kier molecular flexibility index (Phi) is 5.88. The first kappa shape index (κ1) is 22.7. The predicted octanol–water partition coefficient (Wildman–Crippen LogP) is 4.97. The number of benzene rings is 1. The number of hydrogen-bond acceptors (Lipinski definition) is 6. The van der Waals surface area contributed by atoms with Crippen molar-refractivity contribution in [2.24, 2.45) is 7.05 Å². The van der Waals surface area contributed by atoms with Gasteiger partial charge >= 0.3 is 0 Å². The van der Waals surface area contributed by atoms with Crippen LogP contribution >= 0.6 is 28.4 Å². The maximum atomic E-state index is 11.7. The minimum absolute atomic E-state index is 0.0523. The molecular formula is C24H24IN6O3P. The van der Waals surface area contributed by atoms with Gasteiger partial charge in [0.05, 0.1) is 59.9 Å². The van der Waals surface area contributed by atoms with E-state index in [0.29, 0.717) is 44.7 Å². The molecule has 0 spiro atoms. The Morgan fingerprint density at radius 2 is 1.91 bits per heavy atom. The first-order valence-corrected chi connectivity index (χ1v) is 15.6. The minimum Gasteiger partial charge on any atom is -0.477 e. The van der Waals surface area contributed by atoms with Gasteiger partial charge in [0.1, 0.15) is 5.78 Å². The molecule has 4 heterocycles.